The third kappa shape index (κ3) is 2.96. The van der Waals surface area contributed by atoms with Crippen LogP contribution in [0.25, 0.3) is 0 Å². The molecule has 2 aromatic rings. The fraction of sp³-hybridized carbons (Fsp3) is 0.400. The monoisotopic (exact) mass is 257 g/mol. The molecule has 0 bridgehead atoms. The van der Waals surface area contributed by atoms with Crippen LogP contribution in [0, 0.1) is 0 Å². The Labute approximate surface area is 113 Å². The van der Waals surface area contributed by atoms with E-state index >= 15 is 0 Å². The molecule has 1 aromatic heterocycles. The Bertz CT molecular complexity index is 529. The molecule has 1 aliphatic rings. The molecule has 0 atom stereocenters. The normalized spacial score (nSPS) is 14.6. The number of hydrogen-bond acceptors (Lipinski definition) is 3. The summed E-state index contributed by atoms with van der Waals surface area (Å²) in [6.07, 6.45) is 4.38. The van der Waals surface area contributed by atoms with Crippen LogP contribution in [-0.2, 0) is 13.1 Å². The van der Waals surface area contributed by atoms with Crippen molar-refractivity contribution in [3.05, 3.63) is 47.5 Å². The smallest absolute Gasteiger partial charge is 0.118 e. The summed E-state index contributed by atoms with van der Waals surface area (Å²) in [4.78, 5) is 7.65. The van der Waals surface area contributed by atoms with Gasteiger partial charge in [0.1, 0.15) is 5.75 Å². The second-order valence-electron chi connectivity index (χ2n) is 4.99. The number of hydrogen-bond donors (Lipinski definition) is 2. The van der Waals surface area contributed by atoms with E-state index in [-0.39, 0.29) is 0 Å². The summed E-state index contributed by atoms with van der Waals surface area (Å²) in [5.74, 6) is 1.59. The maximum atomic E-state index is 5.15. The predicted molar refractivity (Wildman–Crippen MR) is 74.1 cm³/mol. The molecule has 1 heterocycles. The largest absolute Gasteiger partial charge is 0.497 e. The number of rotatable bonds is 6. The van der Waals surface area contributed by atoms with E-state index < -0.39 is 0 Å². The van der Waals surface area contributed by atoms with E-state index in [1.807, 2.05) is 12.1 Å². The van der Waals surface area contributed by atoms with Gasteiger partial charge >= 0.3 is 0 Å². The van der Waals surface area contributed by atoms with Crippen LogP contribution in [0.15, 0.2) is 30.6 Å². The van der Waals surface area contributed by atoms with Crippen LogP contribution < -0.4 is 10.1 Å². The van der Waals surface area contributed by atoms with E-state index in [0.29, 0.717) is 5.92 Å². The molecule has 0 unspecified atom stereocenters. The Morgan fingerprint density at radius 1 is 1.26 bits per heavy atom. The SMILES string of the molecule is COc1ccc(CNCc2[nH]cnc2C2CC2)cc1. The summed E-state index contributed by atoms with van der Waals surface area (Å²) >= 11 is 0. The highest BCUT2D eigenvalue weighted by Crippen LogP contribution is 2.40. The lowest BCUT2D eigenvalue weighted by atomic mass is 10.2. The minimum absolute atomic E-state index is 0.698. The van der Waals surface area contributed by atoms with Gasteiger partial charge in [0, 0.05) is 19.0 Å². The Morgan fingerprint density at radius 2 is 2.05 bits per heavy atom. The number of aromatic amines is 1. The van der Waals surface area contributed by atoms with Gasteiger partial charge in [-0.15, -0.1) is 0 Å². The van der Waals surface area contributed by atoms with Crippen LogP contribution in [-0.4, -0.2) is 17.1 Å². The molecule has 1 saturated carbocycles. The maximum absolute atomic E-state index is 5.15. The number of aromatic nitrogens is 2. The quantitative estimate of drug-likeness (QED) is 0.836. The van der Waals surface area contributed by atoms with Crippen LogP contribution in [0.4, 0.5) is 0 Å². The standard InChI is InChI=1S/C15H19N3O/c1-19-13-6-2-11(3-7-13)8-16-9-14-15(12-4-5-12)18-10-17-14/h2-3,6-7,10,12,16H,4-5,8-9H2,1H3,(H,17,18). The van der Waals surface area contributed by atoms with Crippen molar-refractivity contribution >= 4 is 0 Å². The van der Waals surface area contributed by atoms with E-state index in [9.17, 15) is 0 Å². The first-order valence-corrected chi connectivity index (χ1v) is 6.72. The van der Waals surface area contributed by atoms with Crippen LogP contribution >= 0.6 is 0 Å². The molecule has 0 saturated heterocycles. The predicted octanol–water partition coefficient (Wildman–Crippen LogP) is 2.59. The number of benzene rings is 1. The van der Waals surface area contributed by atoms with E-state index in [1.54, 1.807) is 13.4 Å². The molecular formula is C15H19N3O. The first-order chi connectivity index (χ1) is 9.36. The second-order valence-corrected chi connectivity index (χ2v) is 4.99. The van der Waals surface area contributed by atoms with Gasteiger partial charge in [-0.3, -0.25) is 0 Å². The molecule has 0 amide bonds. The first-order valence-electron chi connectivity index (χ1n) is 6.72. The number of methoxy groups -OCH3 is 1. The Kier molecular flexibility index (Phi) is 3.51. The molecule has 0 spiro atoms. The molecular weight excluding hydrogens is 238 g/mol. The van der Waals surface area contributed by atoms with Crippen molar-refractivity contribution in [2.45, 2.75) is 31.8 Å². The molecule has 1 fully saturated rings. The summed E-state index contributed by atoms with van der Waals surface area (Å²) < 4.78 is 5.15. The van der Waals surface area contributed by atoms with Crippen LogP contribution in [0.3, 0.4) is 0 Å². The summed E-state index contributed by atoms with van der Waals surface area (Å²) in [7, 11) is 1.69. The molecule has 0 radical (unpaired) electrons. The second kappa shape index (κ2) is 5.45. The molecule has 1 aromatic carbocycles. The van der Waals surface area contributed by atoms with Crippen LogP contribution in [0.1, 0.15) is 35.7 Å². The van der Waals surface area contributed by atoms with Crippen molar-refractivity contribution in [3.8, 4) is 5.75 Å². The highest BCUT2D eigenvalue weighted by molar-refractivity contribution is 5.27. The zero-order chi connectivity index (χ0) is 13.1. The lowest BCUT2D eigenvalue weighted by Gasteiger charge is -2.06. The first kappa shape index (κ1) is 12.2. The zero-order valence-corrected chi connectivity index (χ0v) is 11.1. The van der Waals surface area contributed by atoms with Gasteiger partial charge in [-0.25, -0.2) is 4.98 Å². The molecule has 100 valence electrons. The van der Waals surface area contributed by atoms with E-state index in [2.05, 4.69) is 27.4 Å². The molecule has 0 aliphatic heterocycles. The van der Waals surface area contributed by atoms with Crippen molar-refractivity contribution < 1.29 is 4.74 Å². The maximum Gasteiger partial charge on any atom is 0.118 e. The highest BCUT2D eigenvalue weighted by atomic mass is 16.5. The van der Waals surface area contributed by atoms with Gasteiger partial charge < -0.3 is 15.0 Å². The molecule has 2 N–H and O–H groups in total. The Morgan fingerprint density at radius 3 is 2.74 bits per heavy atom. The average molecular weight is 257 g/mol. The summed E-state index contributed by atoms with van der Waals surface area (Å²) in [6, 6.07) is 8.15. The van der Waals surface area contributed by atoms with E-state index in [1.165, 1.54) is 29.8 Å². The van der Waals surface area contributed by atoms with Gasteiger partial charge in [0.25, 0.3) is 0 Å². The number of ether oxygens (including phenoxy) is 1. The highest BCUT2D eigenvalue weighted by Gasteiger charge is 2.27. The fourth-order valence-corrected chi connectivity index (χ4v) is 2.26. The number of nitrogens with zero attached hydrogens (tertiary/aromatic N) is 1. The van der Waals surface area contributed by atoms with Crippen molar-refractivity contribution in [2.24, 2.45) is 0 Å². The lowest BCUT2D eigenvalue weighted by Crippen LogP contribution is -2.14. The number of H-pyrrole nitrogens is 1. The van der Waals surface area contributed by atoms with Gasteiger partial charge in [0.2, 0.25) is 0 Å². The number of imidazole rings is 1. The number of nitrogens with one attached hydrogen (secondary N) is 2. The van der Waals surface area contributed by atoms with Crippen LogP contribution in [0.2, 0.25) is 0 Å². The van der Waals surface area contributed by atoms with Gasteiger partial charge in [-0.05, 0) is 30.5 Å². The molecule has 4 nitrogen and oxygen atoms in total. The molecule has 3 rings (SSSR count). The minimum atomic E-state index is 0.698. The van der Waals surface area contributed by atoms with Crippen LogP contribution in [0.5, 0.6) is 5.75 Å². The summed E-state index contributed by atoms with van der Waals surface area (Å²) in [5, 5.41) is 3.45. The summed E-state index contributed by atoms with van der Waals surface area (Å²) in [6.45, 7) is 1.70. The molecule has 19 heavy (non-hydrogen) atoms. The van der Waals surface area contributed by atoms with Gasteiger partial charge in [-0.2, -0.15) is 0 Å². The minimum Gasteiger partial charge on any atom is -0.497 e. The van der Waals surface area contributed by atoms with E-state index in [0.717, 1.165) is 18.8 Å². The van der Waals surface area contributed by atoms with Crippen molar-refractivity contribution in [1.82, 2.24) is 15.3 Å². The van der Waals surface area contributed by atoms with Gasteiger partial charge in [-0.1, -0.05) is 12.1 Å². The van der Waals surface area contributed by atoms with Crippen molar-refractivity contribution in [1.29, 1.82) is 0 Å². The van der Waals surface area contributed by atoms with E-state index in [4.69, 9.17) is 4.74 Å². The third-order valence-corrected chi connectivity index (χ3v) is 3.51. The molecule has 4 heteroatoms. The topological polar surface area (TPSA) is 49.9 Å². The van der Waals surface area contributed by atoms with Crippen molar-refractivity contribution in [2.75, 3.05) is 7.11 Å². The van der Waals surface area contributed by atoms with Gasteiger partial charge in [0.15, 0.2) is 0 Å². The third-order valence-electron chi connectivity index (χ3n) is 3.51. The summed E-state index contributed by atoms with van der Waals surface area (Å²) in [5.41, 5.74) is 3.74. The zero-order valence-electron chi connectivity index (χ0n) is 11.1. The average Bonchev–Trinajstić information content (AvgIpc) is 3.19. The van der Waals surface area contributed by atoms with Crippen molar-refractivity contribution in [3.63, 3.8) is 0 Å². The molecule has 1 aliphatic carbocycles. The Balaban J connectivity index is 1.53. The van der Waals surface area contributed by atoms with Gasteiger partial charge in [0.05, 0.1) is 24.8 Å². The fourth-order valence-electron chi connectivity index (χ4n) is 2.26. The Hall–Kier alpha value is -1.81. The lowest BCUT2D eigenvalue weighted by molar-refractivity contribution is 0.414.